The van der Waals surface area contributed by atoms with Gasteiger partial charge < -0.3 is 4.74 Å². The zero-order valence-electron chi connectivity index (χ0n) is 81.6. The van der Waals surface area contributed by atoms with Gasteiger partial charge in [0.25, 0.3) is 0 Å². The van der Waals surface area contributed by atoms with E-state index < -0.39 is 0 Å². The van der Waals surface area contributed by atoms with Crippen molar-refractivity contribution in [3.05, 3.63) is 444 Å². The van der Waals surface area contributed by atoms with Crippen molar-refractivity contribution in [2.75, 3.05) is 0 Å². The van der Waals surface area contributed by atoms with Crippen LogP contribution in [0.25, 0.3) is 78.0 Å². The number of nitrogens with zero attached hydrogens (tertiary/aromatic N) is 4. The lowest BCUT2D eigenvalue weighted by molar-refractivity contribution is 0.478. The predicted molar refractivity (Wildman–Crippen MR) is 559 cm³/mol. The second-order valence-electron chi connectivity index (χ2n) is 41.1. The molecule has 0 saturated heterocycles. The molecule has 0 atom stereocenters. The van der Waals surface area contributed by atoms with E-state index in [1.54, 1.807) is 23.7 Å². The Bertz CT molecular complexity index is 5640. The molecule has 0 fully saturated rings. The summed E-state index contributed by atoms with van der Waals surface area (Å²) in [5, 5.41) is 3.33. The van der Waals surface area contributed by atoms with Crippen LogP contribution in [0.1, 0.15) is 216 Å². The number of rotatable bonds is 9. The van der Waals surface area contributed by atoms with Crippen molar-refractivity contribution in [2.45, 2.75) is 216 Å². The summed E-state index contributed by atoms with van der Waals surface area (Å²) in [5.41, 5.74) is 29.4. The average Bonchev–Trinajstić information content (AvgIpc) is 1.35. The van der Waals surface area contributed by atoms with Gasteiger partial charge in [0.05, 0.1) is 10.7 Å². The number of hydrogen-bond acceptors (Lipinski definition) is 6. The molecule has 16 aromatic rings. The molecule has 0 saturated carbocycles. The highest BCUT2D eigenvalue weighted by atomic mass is 32.1. The van der Waals surface area contributed by atoms with E-state index in [2.05, 4.69) is 464 Å². The number of ether oxygens (including phenoxy) is 1. The molecule has 0 aliphatic rings. The fourth-order valence-electron chi connectivity index (χ4n) is 13.6. The minimum absolute atomic E-state index is 0.149. The van der Waals surface area contributed by atoms with Crippen LogP contribution in [-0.2, 0) is 43.3 Å². The molecule has 12 aromatic carbocycles. The summed E-state index contributed by atoms with van der Waals surface area (Å²) < 4.78 is 5.81. The Balaban J connectivity index is 0.000000166. The van der Waals surface area contributed by atoms with Gasteiger partial charge in [-0.15, -0.1) is 11.3 Å². The molecule has 0 unspecified atom stereocenters. The van der Waals surface area contributed by atoms with Crippen LogP contribution >= 0.6 is 11.3 Å². The Hall–Kier alpha value is -12.5. The van der Waals surface area contributed by atoms with E-state index in [1.165, 1.54) is 116 Å². The van der Waals surface area contributed by atoms with Crippen LogP contribution in [-0.4, -0.2) is 19.9 Å². The highest BCUT2D eigenvalue weighted by molar-refractivity contribution is 7.10. The molecule has 0 aliphatic carbocycles. The summed E-state index contributed by atoms with van der Waals surface area (Å²) in [4.78, 5) is 17.3. The standard InChI is InChI=1S/C16H19N.C16H18O.3C16H18.2C15H17N.C13H15NS/c1-12-8-9-14(11-17-12)13-6-5-7-15(10-13)16(2,3)4;1-16(2,3)13-8-7-11-15(12-13)17-14-9-5-4-6-10-14;1-16(2,3)15-11-7-10-14(12-15)13-8-5-4-6-9-13;2*1-16(2,3)15-11-9-14(10-12-15)13-7-5-4-6-8-13;2*1-15(2,3)14-8-4-6-12(10-14)13-7-5-9-16-11-13;1-13(2,3)12-14-11(9-15-12)10-7-5-4-6-8-10/h5-11H,1-4H3;4-12H,1-3H3;3*4-12H,1-3H3;2*4-11H,1-3H3;4-9H,1-3H3. The first-order valence-electron chi connectivity index (χ1n) is 45.3. The molecule has 16 rings (SSSR count). The Kier molecular flexibility index (Phi) is 35.7. The maximum atomic E-state index is 5.81. The molecule has 4 aromatic heterocycles. The van der Waals surface area contributed by atoms with Gasteiger partial charge >= 0.3 is 0 Å². The quantitative estimate of drug-likeness (QED) is 0.144. The largest absolute Gasteiger partial charge is 0.457 e. The van der Waals surface area contributed by atoms with E-state index >= 15 is 0 Å². The summed E-state index contributed by atoms with van der Waals surface area (Å²) in [7, 11) is 0. The first-order chi connectivity index (χ1) is 60.9. The zero-order valence-corrected chi connectivity index (χ0v) is 82.4. The molecule has 0 aliphatic heterocycles. The van der Waals surface area contributed by atoms with Crippen molar-refractivity contribution in [3.8, 4) is 89.5 Å². The highest BCUT2D eigenvalue weighted by Gasteiger charge is 2.22. The molecule has 5 nitrogen and oxygen atoms in total. The maximum absolute atomic E-state index is 5.81. The molecule has 0 amide bonds. The molecule has 664 valence electrons. The number of hydrogen-bond donors (Lipinski definition) is 0. The van der Waals surface area contributed by atoms with Gasteiger partial charge in [0.15, 0.2) is 0 Å². The van der Waals surface area contributed by atoms with Crippen LogP contribution in [0.15, 0.2) is 394 Å². The van der Waals surface area contributed by atoms with Gasteiger partial charge in [0.1, 0.15) is 11.5 Å². The van der Waals surface area contributed by atoms with Gasteiger partial charge in [-0.2, -0.15) is 0 Å². The van der Waals surface area contributed by atoms with Crippen molar-refractivity contribution in [1.29, 1.82) is 0 Å². The first kappa shape index (κ1) is 100. The van der Waals surface area contributed by atoms with Gasteiger partial charge in [0, 0.05) is 58.6 Å². The molecule has 6 heteroatoms. The smallest absolute Gasteiger partial charge is 0.127 e. The van der Waals surface area contributed by atoms with Crippen molar-refractivity contribution < 1.29 is 4.74 Å². The van der Waals surface area contributed by atoms with Gasteiger partial charge in [-0.1, -0.05) is 482 Å². The molecular formula is C123H140N4OS. The number of para-hydroxylation sites is 1. The zero-order chi connectivity index (χ0) is 93.6. The minimum Gasteiger partial charge on any atom is -0.457 e. The normalized spacial score (nSPS) is 11.4. The van der Waals surface area contributed by atoms with E-state index in [0.717, 1.165) is 22.9 Å². The first-order valence-corrected chi connectivity index (χ1v) is 46.2. The summed E-state index contributed by atoms with van der Waals surface area (Å²) >= 11 is 1.74. The Morgan fingerprint density at radius 2 is 0.473 bits per heavy atom. The molecule has 0 bridgehead atoms. The topological polar surface area (TPSA) is 60.8 Å². The van der Waals surface area contributed by atoms with E-state index in [9.17, 15) is 0 Å². The monoisotopic (exact) mass is 1720 g/mol. The maximum Gasteiger partial charge on any atom is 0.127 e. The summed E-state index contributed by atoms with van der Waals surface area (Å²) in [6.07, 6.45) is 9.36. The molecule has 129 heavy (non-hydrogen) atoms. The Morgan fingerprint density at radius 3 is 0.775 bits per heavy atom. The fourth-order valence-corrected chi connectivity index (χ4v) is 14.5. The summed E-state index contributed by atoms with van der Waals surface area (Å²) in [6.45, 7) is 55.5. The molecule has 0 N–H and O–H groups in total. The van der Waals surface area contributed by atoms with E-state index in [4.69, 9.17) is 4.74 Å². The summed E-state index contributed by atoms with van der Waals surface area (Å²) in [6, 6.07) is 125. The van der Waals surface area contributed by atoms with E-state index in [0.29, 0.717) is 0 Å². The molecule has 0 radical (unpaired) electrons. The number of benzene rings is 12. The second-order valence-corrected chi connectivity index (χ2v) is 42.0. The van der Waals surface area contributed by atoms with Gasteiger partial charge in [-0.25, -0.2) is 4.98 Å². The lowest BCUT2D eigenvalue weighted by Gasteiger charge is -2.19. The molecular weight excluding hydrogens is 1580 g/mol. The number of aromatic nitrogens is 4. The average molecular weight is 1720 g/mol. The fraction of sp³-hybridized carbons (Fsp3) is 0.268. The third-order valence-corrected chi connectivity index (χ3v) is 23.1. The lowest BCUT2D eigenvalue weighted by Crippen LogP contribution is -2.10. The van der Waals surface area contributed by atoms with Gasteiger partial charge in [0.2, 0.25) is 0 Å². The Morgan fingerprint density at radius 1 is 0.209 bits per heavy atom. The van der Waals surface area contributed by atoms with Gasteiger partial charge in [-0.3, -0.25) is 15.0 Å². The van der Waals surface area contributed by atoms with Crippen molar-refractivity contribution >= 4 is 11.3 Å². The van der Waals surface area contributed by atoms with Gasteiger partial charge in [-0.05, 0) is 187 Å². The molecule has 4 heterocycles. The van der Waals surface area contributed by atoms with Crippen molar-refractivity contribution in [1.82, 2.24) is 19.9 Å². The van der Waals surface area contributed by atoms with Crippen molar-refractivity contribution in [2.24, 2.45) is 0 Å². The molecule has 0 spiro atoms. The van der Waals surface area contributed by atoms with Crippen LogP contribution in [0, 0.1) is 6.92 Å². The number of pyridine rings is 3. The van der Waals surface area contributed by atoms with E-state index in [1.807, 2.05) is 110 Å². The predicted octanol–water partition coefficient (Wildman–Crippen LogP) is 35.3. The highest BCUT2D eigenvalue weighted by Crippen LogP contribution is 2.36. The third-order valence-electron chi connectivity index (χ3n) is 21.9. The van der Waals surface area contributed by atoms with Crippen LogP contribution < -0.4 is 4.74 Å². The number of aryl methyl sites for hydroxylation is 1. The minimum atomic E-state index is 0.149. The summed E-state index contributed by atoms with van der Waals surface area (Å²) in [5.74, 6) is 1.77. The van der Waals surface area contributed by atoms with E-state index in [-0.39, 0.29) is 43.3 Å². The van der Waals surface area contributed by atoms with Crippen LogP contribution in [0.4, 0.5) is 0 Å². The van der Waals surface area contributed by atoms with Crippen LogP contribution in [0.5, 0.6) is 11.5 Å². The second kappa shape index (κ2) is 46.0. The van der Waals surface area contributed by atoms with Crippen molar-refractivity contribution in [3.63, 3.8) is 0 Å². The van der Waals surface area contributed by atoms with Crippen LogP contribution in [0.2, 0.25) is 0 Å². The SMILES string of the molecule is CC(C)(C)c1ccc(-c2ccccc2)cc1.CC(C)(C)c1ccc(-c2ccccc2)cc1.CC(C)(C)c1cccc(-c2ccccc2)c1.CC(C)(C)c1cccc(-c2cccnc2)c1.CC(C)(C)c1cccc(-c2cccnc2)c1.CC(C)(C)c1cccc(Oc2ccccc2)c1.CC(C)(C)c1nc(-c2ccccc2)cs1.Cc1ccc(-c2cccc(C(C)(C)C)c2)cn1. The lowest BCUT2D eigenvalue weighted by atomic mass is 9.85. The number of thiazole rings is 1. The Labute approximate surface area is 780 Å². The van der Waals surface area contributed by atoms with Crippen LogP contribution in [0.3, 0.4) is 0 Å². The third kappa shape index (κ3) is 33.0.